The van der Waals surface area contributed by atoms with E-state index in [1.165, 1.54) is 0 Å². The third-order valence-electron chi connectivity index (χ3n) is 3.14. The Morgan fingerprint density at radius 3 is 2.52 bits per heavy atom. The largest absolute Gasteiger partial charge is 0.492 e. The zero-order valence-electron chi connectivity index (χ0n) is 12.6. The number of benzene rings is 2. The number of amides is 1. The van der Waals surface area contributed by atoms with Crippen LogP contribution in [0.4, 0.5) is 11.4 Å². The lowest BCUT2D eigenvalue weighted by molar-refractivity contribution is 0.102. The van der Waals surface area contributed by atoms with Crippen molar-refractivity contribution in [2.45, 2.75) is 20.8 Å². The molecule has 1 amide bonds. The number of carbonyl (C=O) groups is 1. The molecule has 0 bridgehead atoms. The molecule has 110 valence electrons. The van der Waals surface area contributed by atoms with Crippen molar-refractivity contribution in [1.82, 2.24) is 0 Å². The molecule has 0 fully saturated rings. The van der Waals surface area contributed by atoms with Gasteiger partial charge in [0.05, 0.1) is 17.9 Å². The Balaban J connectivity index is 2.29. The summed E-state index contributed by atoms with van der Waals surface area (Å²) < 4.78 is 5.56. The average molecular weight is 284 g/mol. The van der Waals surface area contributed by atoms with Gasteiger partial charge in [-0.25, -0.2) is 0 Å². The Morgan fingerprint density at radius 1 is 1.14 bits per heavy atom. The Kier molecular flexibility index (Phi) is 4.48. The summed E-state index contributed by atoms with van der Waals surface area (Å²) in [5.41, 5.74) is 9.52. The SMILES string of the molecule is CCOc1cc(C)ccc1NC(=O)c1cc(C)ccc1N. The first-order chi connectivity index (χ1) is 10.0. The van der Waals surface area contributed by atoms with Crippen LogP contribution in [0.15, 0.2) is 36.4 Å². The minimum Gasteiger partial charge on any atom is -0.492 e. The molecule has 2 rings (SSSR count). The van der Waals surface area contributed by atoms with Crippen LogP contribution >= 0.6 is 0 Å². The van der Waals surface area contributed by atoms with Crippen molar-refractivity contribution in [2.24, 2.45) is 0 Å². The molecule has 21 heavy (non-hydrogen) atoms. The van der Waals surface area contributed by atoms with Crippen molar-refractivity contribution in [3.63, 3.8) is 0 Å². The van der Waals surface area contributed by atoms with E-state index in [4.69, 9.17) is 10.5 Å². The molecule has 0 aliphatic heterocycles. The molecule has 0 saturated heterocycles. The predicted octanol–water partition coefficient (Wildman–Crippen LogP) is 3.54. The van der Waals surface area contributed by atoms with Gasteiger partial charge in [0.2, 0.25) is 0 Å². The zero-order valence-corrected chi connectivity index (χ0v) is 12.6. The second-order valence-electron chi connectivity index (χ2n) is 4.98. The quantitative estimate of drug-likeness (QED) is 0.844. The summed E-state index contributed by atoms with van der Waals surface area (Å²) in [6.45, 7) is 6.35. The van der Waals surface area contributed by atoms with Crippen molar-refractivity contribution >= 4 is 17.3 Å². The van der Waals surface area contributed by atoms with Gasteiger partial charge < -0.3 is 15.8 Å². The number of ether oxygens (including phenoxy) is 1. The van der Waals surface area contributed by atoms with Crippen LogP contribution in [-0.4, -0.2) is 12.5 Å². The van der Waals surface area contributed by atoms with Crippen LogP contribution in [0.25, 0.3) is 0 Å². The third-order valence-corrected chi connectivity index (χ3v) is 3.14. The summed E-state index contributed by atoms with van der Waals surface area (Å²) in [6.07, 6.45) is 0. The molecule has 0 aromatic heterocycles. The van der Waals surface area contributed by atoms with E-state index < -0.39 is 0 Å². The molecule has 0 heterocycles. The second-order valence-corrected chi connectivity index (χ2v) is 4.98. The molecule has 2 aromatic rings. The number of aryl methyl sites for hydroxylation is 2. The van der Waals surface area contributed by atoms with Gasteiger partial charge in [-0.15, -0.1) is 0 Å². The third kappa shape index (κ3) is 3.54. The van der Waals surface area contributed by atoms with Gasteiger partial charge in [-0.1, -0.05) is 17.7 Å². The summed E-state index contributed by atoms with van der Waals surface area (Å²) in [5, 5.41) is 2.86. The van der Waals surface area contributed by atoms with Gasteiger partial charge >= 0.3 is 0 Å². The number of hydrogen-bond acceptors (Lipinski definition) is 3. The van der Waals surface area contributed by atoms with Crippen LogP contribution in [-0.2, 0) is 0 Å². The van der Waals surface area contributed by atoms with E-state index in [1.54, 1.807) is 12.1 Å². The van der Waals surface area contributed by atoms with Gasteiger partial charge in [0.15, 0.2) is 0 Å². The van der Waals surface area contributed by atoms with Crippen LogP contribution in [0, 0.1) is 13.8 Å². The number of nitrogens with two attached hydrogens (primary N) is 1. The Labute approximate surface area is 124 Å². The number of rotatable bonds is 4. The summed E-state index contributed by atoms with van der Waals surface area (Å²) in [5.74, 6) is 0.429. The first kappa shape index (κ1) is 14.9. The summed E-state index contributed by atoms with van der Waals surface area (Å²) in [7, 11) is 0. The van der Waals surface area contributed by atoms with Crippen LogP contribution in [0.1, 0.15) is 28.4 Å². The van der Waals surface area contributed by atoms with Gasteiger partial charge in [-0.2, -0.15) is 0 Å². The van der Waals surface area contributed by atoms with Gasteiger partial charge in [-0.05, 0) is 50.6 Å². The smallest absolute Gasteiger partial charge is 0.257 e. The number of anilines is 2. The fraction of sp³-hybridized carbons (Fsp3) is 0.235. The van der Waals surface area contributed by atoms with Gasteiger partial charge in [-0.3, -0.25) is 4.79 Å². The maximum absolute atomic E-state index is 12.4. The molecule has 0 saturated carbocycles. The van der Waals surface area contributed by atoms with Gasteiger partial charge in [0.25, 0.3) is 5.91 Å². The molecular weight excluding hydrogens is 264 g/mol. The first-order valence-corrected chi connectivity index (χ1v) is 6.92. The molecule has 0 aliphatic carbocycles. The number of nitrogens with one attached hydrogen (secondary N) is 1. The van der Waals surface area contributed by atoms with Crippen LogP contribution < -0.4 is 15.8 Å². The molecule has 3 N–H and O–H groups in total. The van der Waals surface area contributed by atoms with Crippen LogP contribution in [0.2, 0.25) is 0 Å². The Hall–Kier alpha value is -2.49. The van der Waals surface area contributed by atoms with E-state index in [2.05, 4.69) is 5.32 Å². The molecule has 0 atom stereocenters. The lowest BCUT2D eigenvalue weighted by Gasteiger charge is -2.13. The average Bonchev–Trinajstić information content (AvgIpc) is 2.44. The monoisotopic (exact) mass is 284 g/mol. The highest BCUT2D eigenvalue weighted by atomic mass is 16.5. The molecule has 0 aliphatic rings. The molecule has 4 nitrogen and oxygen atoms in total. The number of hydrogen-bond donors (Lipinski definition) is 2. The van der Waals surface area contributed by atoms with Crippen molar-refractivity contribution in [2.75, 3.05) is 17.7 Å². The van der Waals surface area contributed by atoms with E-state index in [9.17, 15) is 4.79 Å². The Bertz CT molecular complexity index is 666. The van der Waals surface area contributed by atoms with Crippen molar-refractivity contribution in [3.05, 3.63) is 53.1 Å². The van der Waals surface area contributed by atoms with Crippen molar-refractivity contribution < 1.29 is 9.53 Å². The lowest BCUT2D eigenvalue weighted by Crippen LogP contribution is -2.15. The van der Waals surface area contributed by atoms with Gasteiger partial charge in [0, 0.05) is 5.69 Å². The summed E-state index contributed by atoms with van der Waals surface area (Å²) in [6, 6.07) is 11.1. The van der Waals surface area contributed by atoms with Crippen molar-refractivity contribution in [1.29, 1.82) is 0 Å². The maximum Gasteiger partial charge on any atom is 0.257 e. The van der Waals surface area contributed by atoms with Crippen LogP contribution in [0.3, 0.4) is 0 Å². The Morgan fingerprint density at radius 2 is 1.81 bits per heavy atom. The number of carbonyl (C=O) groups excluding carboxylic acids is 1. The normalized spacial score (nSPS) is 10.2. The molecule has 0 spiro atoms. The lowest BCUT2D eigenvalue weighted by atomic mass is 10.1. The minimum atomic E-state index is -0.235. The molecule has 0 unspecified atom stereocenters. The van der Waals surface area contributed by atoms with E-state index in [-0.39, 0.29) is 5.91 Å². The first-order valence-electron chi connectivity index (χ1n) is 6.92. The topological polar surface area (TPSA) is 64.3 Å². The second kappa shape index (κ2) is 6.31. The number of nitrogen functional groups attached to an aromatic ring is 1. The molecule has 0 radical (unpaired) electrons. The molecule has 4 heteroatoms. The molecular formula is C17H20N2O2. The summed E-state index contributed by atoms with van der Waals surface area (Å²) >= 11 is 0. The summed E-state index contributed by atoms with van der Waals surface area (Å²) in [4.78, 5) is 12.4. The van der Waals surface area contributed by atoms with Crippen molar-refractivity contribution in [3.8, 4) is 5.75 Å². The fourth-order valence-corrected chi connectivity index (χ4v) is 2.06. The van der Waals surface area contributed by atoms with Crippen LogP contribution in [0.5, 0.6) is 5.75 Å². The molecule has 2 aromatic carbocycles. The van der Waals surface area contributed by atoms with E-state index in [1.807, 2.05) is 45.0 Å². The van der Waals surface area contributed by atoms with Gasteiger partial charge in [0.1, 0.15) is 5.75 Å². The predicted molar refractivity (Wildman–Crippen MR) is 85.9 cm³/mol. The minimum absolute atomic E-state index is 0.235. The highest BCUT2D eigenvalue weighted by Gasteiger charge is 2.13. The zero-order chi connectivity index (χ0) is 15.4. The highest BCUT2D eigenvalue weighted by molar-refractivity contribution is 6.08. The standard InChI is InChI=1S/C17H20N2O2/c1-4-21-16-10-12(3)6-8-15(16)19-17(20)13-9-11(2)5-7-14(13)18/h5-10H,4,18H2,1-3H3,(H,19,20). The van der Waals surface area contributed by atoms with E-state index >= 15 is 0 Å². The maximum atomic E-state index is 12.4. The van der Waals surface area contributed by atoms with E-state index in [0.717, 1.165) is 11.1 Å². The van der Waals surface area contributed by atoms with E-state index in [0.29, 0.717) is 29.3 Å². The highest BCUT2D eigenvalue weighted by Crippen LogP contribution is 2.27. The fourth-order valence-electron chi connectivity index (χ4n) is 2.06.